The van der Waals surface area contributed by atoms with Gasteiger partial charge in [0, 0.05) is 13.0 Å². The molecule has 0 saturated carbocycles. The molecule has 2 rings (SSSR count). The van der Waals surface area contributed by atoms with Crippen LogP contribution >= 0.6 is 0 Å². The summed E-state index contributed by atoms with van der Waals surface area (Å²) in [4.78, 5) is 55.5. The van der Waals surface area contributed by atoms with E-state index in [1.165, 1.54) is 4.90 Å². The normalized spacial score (nSPS) is 13.7. The van der Waals surface area contributed by atoms with Crippen LogP contribution in [-0.2, 0) is 30.3 Å². The Kier molecular flexibility index (Phi) is 12.3. The second kappa shape index (κ2) is 15.0. The van der Waals surface area contributed by atoms with E-state index in [0.717, 1.165) is 16.7 Å². The van der Waals surface area contributed by atoms with Gasteiger partial charge in [-0.2, -0.15) is 0 Å². The summed E-state index contributed by atoms with van der Waals surface area (Å²) in [6.45, 7) is 18.1. The zero-order chi connectivity index (χ0) is 32.5. The number of carbonyl (C=O) groups excluding carboxylic acids is 4. The topological polar surface area (TPSA) is 114 Å². The molecular formula is C34H49N3O6. The summed E-state index contributed by atoms with van der Waals surface area (Å²) in [6, 6.07) is 12.0. The van der Waals surface area contributed by atoms with Gasteiger partial charge in [0.25, 0.3) is 0 Å². The van der Waals surface area contributed by atoms with Crippen molar-refractivity contribution in [3.05, 3.63) is 70.8 Å². The third-order valence-corrected chi connectivity index (χ3v) is 6.42. The fourth-order valence-electron chi connectivity index (χ4n) is 4.65. The van der Waals surface area contributed by atoms with Gasteiger partial charge in [-0.15, -0.1) is 0 Å². The number of nitrogens with one attached hydrogen (secondary N) is 2. The maximum absolute atomic E-state index is 14.3. The Labute approximate surface area is 256 Å². The summed E-state index contributed by atoms with van der Waals surface area (Å²) in [6.07, 6.45) is 0.0311. The van der Waals surface area contributed by atoms with E-state index in [1.807, 2.05) is 69.3 Å². The first-order valence-corrected chi connectivity index (χ1v) is 14.9. The molecule has 9 nitrogen and oxygen atoms in total. The quantitative estimate of drug-likeness (QED) is 0.329. The molecule has 236 valence electrons. The van der Waals surface area contributed by atoms with E-state index >= 15 is 0 Å². The van der Waals surface area contributed by atoms with E-state index in [9.17, 15) is 19.2 Å². The SMILES string of the molecule is CCCN(C(=O)C(C)NC(=O)OC(C)(C)C)C(C(=O)NC(Cc1ccccc1)C(=O)OC(C)(C)C)c1ccc(C)cc1C. The first-order valence-electron chi connectivity index (χ1n) is 14.9. The summed E-state index contributed by atoms with van der Waals surface area (Å²) in [5.74, 6) is -1.55. The minimum atomic E-state index is -1.07. The molecule has 0 radical (unpaired) electrons. The van der Waals surface area contributed by atoms with E-state index in [-0.39, 0.29) is 13.0 Å². The summed E-state index contributed by atoms with van der Waals surface area (Å²) in [5.41, 5.74) is 1.78. The highest BCUT2D eigenvalue weighted by Gasteiger charge is 2.37. The zero-order valence-corrected chi connectivity index (χ0v) is 27.4. The highest BCUT2D eigenvalue weighted by atomic mass is 16.6. The monoisotopic (exact) mass is 595 g/mol. The van der Waals surface area contributed by atoms with Crippen LogP contribution in [0.4, 0.5) is 4.79 Å². The first-order chi connectivity index (χ1) is 19.9. The van der Waals surface area contributed by atoms with Gasteiger partial charge in [-0.05, 0) is 85.4 Å². The predicted octanol–water partition coefficient (Wildman–Crippen LogP) is 5.57. The lowest BCUT2D eigenvalue weighted by atomic mass is 9.95. The van der Waals surface area contributed by atoms with Gasteiger partial charge in [0.1, 0.15) is 29.3 Å². The maximum Gasteiger partial charge on any atom is 0.408 e. The van der Waals surface area contributed by atoms with Gasteiger partial charge < -0.3 is 25.0 Å². The first kappa shape index (κ1) is 35.3. The maximum atomic E-state index is 14.3. The highest BCUT2D eigenvalue weighted by Crippen LogP contribution is 2.27. The second-order valence-corrected chi connectivity index (χ2v) is 12.9. The molecule has 43 heavy (non-hydrogen) atoms. The van der Waals surface area contributed by atoms with Gasteiger partial charge in [0.05, 0.1) is 0 Å². The van der Waals surface area contributed by atoms with E-state index in [1.54, 1.807) is 48.5 Å². The molecule has 0 heterocycles. The molecule has 3 unspecified atom stereocenters. The standard InChI is InChI=1S/C34H49N3O6/c1-11-19-37(30(39)24(4)35-32(41)43-34(8,9)10)28(26-18-17-22(2)20-23(26)3)29(38)36-27(31(40)42-33(5,6)7)21-25-15-13-12-14-16-25/h12-18,20,24,27-28H,11,19,21H2,1-10H3,(H,35,41)(H,36,38). The number of amides is 3. The van der Waals surface area contributed by atoms with Crippen molar-refractivity contribution in [1.29, 1.82) is 0 Å². The number of esters is 1. The zero-order valence-electron chi connectivity index (χ0n) is 27.4. The lowest BCUT2D eigenvalue weighted by molar-refractivity contribution is -0.159. The summed E-state index contributed by atoms with van der Waals surface area (Å²) >= 11 is 0. The van der Waals surface area contributed by atoms with Crippen LogP contribution in [0.1, 0.15) is 90.1 Å². The number of nitrogens with zero attached hydrogens (tertiary/aromatic N) is 1. The lowest BCUT2D eigenvalue weighted by Gasteiger charge is -2.35. The molecule has 0 saturated heterocycles. The molecule has 0 aliphatic carbocycles. The van der Waals surface area contributed by atoms with Crippen molar-refractivity contribution in [3.63, 3.8) is 0 Å². The van der Waals surface area contributed by atoms with Gasteiger partial charge in [0.15, 0.2) is 0 Å². The largest absolute Gasteiger partial charge is 0.458 e. The smallest absolute Gasteiger partial charge is 0.408 e. The van der Waals surface area contributed by atoms with Crippen molar-refractivity contribution < 1.29 is 28.7 Å². The molecule has 0 aliphatic heterocycles. The molecule has 3 atom stereocenters. The van der Waals surface area contributed by atoms with Gasteiger partial charge >= 0.3 is 12.1 Å². The van der Waals surface area contributed by atoms with E-state index in [4.69, 9.17) is 9.47 Å². The number of carbonyl (C=O) groups is 4. The molecule has 9 heteroatoms. The van der Waals surface area contributed by atoms with Crippen LogP contribution in [-0.4, -0.2) is 58.6 Å². The number of aryl methyl sites for hydroxylation is 2. The number of ether oxygens (including phenoxy) is 2. The Morgan fingerprint density at radius 1 is 0.860 bits per heavy atom. The summed E-state index contributed by atoms with van der Waals surface area (Å²) in [7, 11) is 0. The second-order valence-electron chi connectivity index (χ2n) is 12.9. The van der Waals surface area contributed by atoms with Crippen molar-refractivity contribution in [2.24, 2.45) is 0 Å². The average molecular weight is 596 g/mol. The fraction of sp³-hybridized carbons (Fsp3) is 0.529. The highest BCUT2D eigenvalue weighted by molar-refractivity contribution is 5.94. The van der Waals surface area contributed by atoms with E-state index < -0.39 is 53.2 Å². The van der Waals surface area contributed by atoms with Gasteiger partial charge in [-0.25, -0.2) is 9.59 Å². The van der Waals surface area contributed by atoms with Crippen LogP contribution in [0.5, 0.6) is 0 Å². The molecule has 0 fully saturated rings. The molecular weight excluding hydrogens is 546 g/mol. The number of hydrogen-bond acceptors (Lipinski definition) is 6. The Hall–Kier alpha value is -3.88. The Balaban J connectivity index is 2.53. The number of benzene rings is 2. The van der Waals surface area contributed by atoms with Crippen LogP contribution in [0.3, 0.4) is 0 Å². The molecule has 0 aromatic heterocycles. The van der Waals surface area contributed by atoms with E-state index in [2.05, 4.69) is 10.6 Å². The van der Waals surface area contributed by atoms with Crippen LogP contribution in [0.25, 0.3) is 0 Å². The van der Waals surface area contributed by atoms with Gasteiger partial charge in [-0.1, -0.05) is 61.0 Å². The lowest BCUT2D eigenvalue weighted by Crippen LogP contribution is -2.54. The third-order valence-electron chi connectivity index (χ3n) is 6.42. The Bertz CT molecular complexity index is 1260. The van der Waals surface area contributed by atoms with Crippen LogP contribution in [0.2, 0.25) is 0 Å². The molecule has 3 amide bonds. The van der Waals surface area contributed by atoms with Crippen molar-refractivity contribution in [2.75, 3.05) is 6.54 Å². The number of rotatable bonds is 11. The third kappa shape index (κ3) is 11.4. The summed E-state index contributed by atoms with van der Waals surface area (Å²) < 4.78 is 11.0. The molecule has 0 aliphatic rings. The molecule has 0 bridgehead atoms. The van der Waals surface area contributed by atoms with Crippen molar-refractivity contribution in [2.45, 2.75) is 111 Å². The number of alkyl carbamates (subject to hydrolysis) is 1. The molecule has 2 N–H and O–H groups in total. The van der Waals surface area contributed by atoms with Crippen molar-refractivity contribution in [1.82, 2.24) is 15.5 Å². The van der Waals surface area contributed by atoms with Gasteiger partial charge in [-0.3, -0.25) is 9.59 Å². The van der Waals surface area contributed by atoms with Crippen LogP contribution in [0, 0.1) is 13.8 Å². The number of hydrogen-bond donors (Lipinski definition) is 2. The van der Waals surface area contributed by atoms with Crippen LogP contribution < -0.4 is 10.6 Å². The Morgan fingerprint density at radius 3 is 2.00 bits per heavy atom. The predicted molar refractivity (Wildman–Crippen MR) is 167 cm³/mol. The van der Waals surface area contributed by atoms with Crippen molar-refractivity contribution in [3.8, 4) is 0 Å². The minimum Gasteiger partial charge on any atom is -0.458 e. The van der Waals surface area contributed by atoms with Crippen molar-refractivity contribution >= 4 is 23.9 Å². The van der Waals surface area contributed by atoms with E-state index in [0.29, 0.717) is 12.0 Å². The summed E-state index contributed by atoms with van der Waals surface area (Å²) in [5, 5.41) is 5.52. The molecule has 2 aromatic rings. The van der Waals surface area contributed by atoms with Gasteiger partial charge in [0.2, 0.25) is 11.8 Å². The molecule has 2 aromatic carbocycles. The Morgan fingerprint density at radius 2 is 1.47 bits per heavy atom. The minimum absolute atomic E-state index is 0.208. The average Bonchev–Trinajstić information content (AvgIpc) is 2.87. The molecule has 0 spiro atoms. The fourth-order valence-corrected chi connectivity index (χ4v) is 4.65. The van der Waals surface area contributed by atoms with Crippen LogP contribution in [0.15, 0.2) is 48.5 Å².